The number of Topliss-reactive ketones (excluding diaryl/α,β-unsaturated/α-hetero) is 1. The van der Waals surface area contributed by atoms with E-state index in [1.165, 1.54) is 22.9 Å². The number of ketones is 1. The Morgan fingerprint density at radius 1 is 1.06 bits per heavy atom. The fourth-order valence-electron chi connectivity index (χ4n) is 8.70. The molecule has 0 aromatic heterocycles. The SMILES string of the molecule is CCOC1=CCC2(C)C(=C1)C1(CC1)CC1=C2CCC23C(=O)C([Se]c4ccccc4)C[C@]2(C)CC=C13. The Bertz CT molecular complexity index is 1250. The molecular formula is C32H36O2Se. The van der Waals surface area contributed by atoms with E-state index in [0.717, 1.165) is 50.9 Å². The molecule has 0 aliphatic heterocycles. The molecule has 0 amide bonds. The first kappa shape index (κ1) is 22.4. The van der Waals surface area contributed by atoms with Crippen LogP contribution in [-0.2, 0) is 9.53 Å². The second-order valence-corrected chi connectivity index (χ2v) is 15.0. The molecule has 4 atom stereocenters. The van der Waals surface area contributed by atoms with E-state index in [1.807, 2.05) is 0 Å². The van der Waals surface area contributed by atoms with Gasteiger partial charge < -0.3 is 0 Å². The summed E-state index contributed by atoms with van der Waals surface area (Å²) in [5.41, 5.74) is 6.63. The number of carbonyl (C=O) groups is 1. The molecular weight excluding hydrogens is 495 g/mol. The standard InChI is InChI=1S/C32H36O2Se/c1-4-34-21-10-14-30(3)24-12-15-32-25(23(24)19-31(16-17-31)27(30)18-21)11-13-29(32,2)20-26(28(32)33)35-22-8-6-5-7-9-22/h5-11,18,26H,4,12-17,19-20H2,1-3H3/t26?,29-,30?,32?/m0/s1. The number of benzene rings is 1. The van der Waals surface area contributed by atoms with Crippen LogP contribution in [0.15, 0.2) is 76.6 Å². The van der Waals surface area contributed by atoms with Gasteiger partial charge in [-0.1, -0.05) is 0 Å². The summed E-state index contributed by atoms with van der Waals surface area (Å²) in [4.78, 5) is 14.6. The minimum atomic E-state index is -0.234. The predicted octanol–water partition coefficient (Wildman–Crippen LogP) is 6.63. The summed E-state index contributed by atoms with van der Waals surface area (Å²) >= 11 is 0.218. The van der Waals surface area contributed by atoms with Gasteiger partial charge in [-0.05, 0) is 6.92 Å². The summed E-state index contributed by atoms with van der Waals surface area (Å²) in [6.07, 6.45) is 16.3. The number of allylic oxidation sites excluding steroid dienone is 7. The molecule has 2 fully saturated rings. The Labute approximate surface area is 216 Å². The molecule has 1 aromatic carbocycles. The molecule has 7 rings (SSSR count). The van der Waals surface area contributed by atoms with Crippen molar-refractivity contribution in [3.05, 3.63) is 76.6 Å². The Balaban J connectivity index is 1.29. The van der Waals surface area contributed by atoms with Gasteiger partial charge >= 0.3 is 210 Å². The maximum absolute atomic E-state index is 14.4. The van der Waals surface area contributed by atoms with Crippen molar-refractivity contribution < 1.29 is 9.53 Å². The van der Waals surface area contributed by atoms with Gasteiger partial charge in [0.25, 0.3) is 0 Å². The van der Waals surface area contributed by atoms with E-state index in [9.17, 15) is 4.79 Å². The van der Waals surface area contributed by atoms with Crippen molar-refractivity contribution >= 4 is 25.2 Å². The van der Waals surface area contributed by atoms with Crippen molar-refractivity contribution in [3.63, 3.8) is 0 Å². The average molecular weight is 532 g/mol. The molecule has 0 saturated heterocycles. The Kier molecular flexibility index (Phi) is 4.70. The van der Waals surface area contributed by atoms with Crippen molar-refractivity contribution in [1.82, 2.24) is 0 Å². The predicted molar refractivity (Wildman–Crippen MR) is 142 cm³/mol. The van der Waals surface area contributed by atoms with Crippen LogP contribution in [0.1, 0.15) is 72.1 Å². The van der Waals surface area contributed by atoms with Gasteiger partial charge in [0.05, 0.1) is 0 Å². The van der Waals surface area contributed by atoms with Crippen LogP contribution in [-0.4, -0.2) is 27.3 Å². The van der Waals surface area contributed by atoms with Crippen LogP contribution in [0.5, 0.6) is 0 Å². The van der Waals surface area contributed by atoms with E-state index in [4.69, 9.17) is 4.74 Å². The third kappa shape index (κ3) is 2.86. The monoisotopic (exact) mass is 532 g/mol. The summed E-state index contributed by atoms with van der Waals surface area (Å²) in [6.45, 7) is 7.75. The van der Waals surface area contributed by atoms with E-state index >= 15 is 0 Å². The molecule has 6 aliphatic rings. The molecule has 3 heteroatoms. The Hall–Kier alpha value is -1.83. The molecule has 3 unspecified atom stereocenters. The zero-order chi connectivity index (χ0) is 24.1. The fraction of sp³-hybridized carbons (Fsp3) is 0.531. The van der Waals surface area contributed by atoms with Crippen LogP contribution in [0.25, 0.3) is 0 Å². The van der Waals surface area contributed by atoms with Crippen LogP contribution < -0.4 is 4.46 Å². The van der Waals surface area contributed by atoms with E-state index in [0.29, 0.717) is 11.2 Å². The Morgan fingerprint density at radius 2 is 1.86 bits per heavy atom. The number of hydrogen-bond acceptors (Lipinski definition) is 2. The van der Waals surface area contributed by atoms with Crippen molar-refractivity contribution in [2.75, 3.05) is 6.61 Å². The van der Waals surface area contributed by atoms with Gasteiger partial charge in [0, 0.05) is 0 Å². The van der Waals surface area contributed by atoms with Gasteiger partial charge in [-0.15, -0.1) is 0 Å². The molecule has 1 aromatic rings. The molecule has 35 heavy (non-hydrogen) atoms. The average Bonchev–Trinajstić information content (AvgIpc) is 3.51. The van der Waals surface area contributed by atoms with E-state index < -0.39 is 0 Å². The molecule has 182 valence electrons. The quantitative estimate of drug-likeness (QED) is 0.408. The van der Waals surface area contributed by atoms with Gasteiger partial charge in [0.1, 0.15) is 0 Å². The summed E-state index contributed by atoms with van der Waals surface area (Å²) < 4.78 is 7.33. The topological polar surface area (TPSA) is 26.3 Å². The minimum absolute atomic E-state index is 0.0984. The van der Waals surface area contributed by atoms with Gasteiger partial charge in [-0.25, -0.2) is 0 Å². The van der Waals surface area contributed by atoms with Gasteiger partial charge in [0.15, 0.2) is 0 Å². The first-order valence-corrected chi connectivity index (χ1v) is 15.5. The van der Waals surface area contributed by atoms with Gasteiger partial charge in [0.2, 0.25) is 0 Å². The van der Waals surface area contributed by atoms with Crippen molar-refractivity contribution in [2.45, 2.75) is 77.0 Å². The fourth-order valence-corrected chi connectivity index (χ4v) is 11.6. The van der Waals surface area contributed by atoms with Crippen molar-refractivity contribution in [3.8, 4) is 0 Å². The van der Waals surface area contributed by atoms with Crippen molar-refractivity contribution in [2.24, 2.45) is 21.7 Å². The molecule has 0 bridgehead atoms. The number of fused-ring (bicyclic) bond motifs is 4. The number of rotatable bonds is 4. The van der Waals surface area contributed by atoms with Crippen molar-refractivity contribution in [1.29, 1.82) is 0 Å². The summed E-state index contributed by atoms with van der Waals surface area (Å²) in [7, 11) is 0. The first-order chi connectivity index (χ1) is 16.9. The number of carbonyl (C=O) groups excluding carboxylic acids is 1. The maximum atomic E-state index is 14.4. The first-order valence-electron chi connectivity index (χ1n) is 13.6. The Morgan fingerprint density at radius 3 is 2.60 bits per heavy atom. The molecule has 2 saturated carbocycles. The molecule has 6 aliphatic carbocycles. The van der Waals surface area contributed by atoms with Gasteiger partial charge in [-0.3, -0.25) is 0 Å². The van der Waals surface area contributed by atoms with Crippen LogP contribution >= 0.6 is 0 Å². The van der Waals surface area contributed by atoms with E-state index in [1.54, 1.807) is 16.7 Å². The third-order valence-corrected chi connectivity index (χ3v) is 13.1. The van der Waals surface area contributed by atoms with Crippen LogP contribution in [0.2, 0.25) is 4.82 Å². The van der Waals surface area contributed by atoms with Gasteiger partial charge in [-0.2, -0.15) is 0 Å². The second-order valence-electron chi connectivity index (χ2n) is 12.3. The number of ether oxygens (including phenoxy) is 1. The number of hydrogen-bond donors (Lipinski definition) is 0. The van der Waals surface area contributed by atoms with Crippen LogP contribution in [0, 0.1) is 21.7 Å². The normalized spacial score (nSPS) is 38.2. The van der Waals surface area contributed by atoms with E-state index in [-0.39, 0.29) is 36.0 Å². The molecule has 0 radical (unpaired) electrons. The molecule has 0 heterocycles. The zero-order valence-electron chi connectivity index (χ0n) is 21.3. The molecule has 2 spiro atoms. The third-order valence-electron chi connectivity index (χ3n) is 10.6. The summed E-state index contributed by atoms with van der Waals surface area (Å²) in [5, 5.41) is 0. The van der Waals surface area contributed by atoms with Crippen LogP contribution in [0.4, 0.5) is 0 Å². The summed E-state index contributed by atoms with van der Waals surface area (Å²) in [6, 6.07) is 10.8. The second kappa shape index (κ2) is 7.36. The molecule has 2 nitrogen and oxygen atoms in total. The van der Waals surface area contributed by atoms with E-state index in [2.05, 4.69) is 69.3 Å². The molecule has 0 N–H and O–H groups in total. The zero-order valence-corrected chi connectivity index (χ0v) is 23.0. The van der Waals surface area contributed by atoms with Crippen LogP contribution in [0.3, 0.4) is 0 Å². The summed E-state index contributed by atoms with van der Waals surface area (Å²) in [5.74, 6) is 1.66.